The van der Waals surface area contributed by atoms with Gasteiger partial charge in [0.25, 0.3) is 5.91 Å². The fourth-order valence-electron chi connectivity index (χ4n) is 1.50. The molecule has 2 rings (SSSR count). The molecule has 0 fully saturated rings. The number of nitrogens with zero attached hydrogens (tertiary/aromatic N) is 1. The molecule has 0 aliphatic heterocycles. The van der Waals surface area contributed by atoms with E-state index in [9.17, 15) is 9.18 Å². The first-order valence-corrected chi connectivity index (χ1v) is 6.53. The second-order valence-corrected chi connectivity index (χ2v) is 5.20. The maximum absolute atomic E-state index is 13.6. The fraction of sp³-hybridized carbons (Fsp3) is 0.0769. The predicted molar refractivity (Wildman–Crippen MR) is 76.0 cm³/mol. The lowest BCUT2D eigenvalue weighted by Crippen LogP contribution is -2.14. The molecule has 0 spiro atoms. The van der Waals surface area contributed by atoms with E-state index < -0.39 is 11.7 Å². The summed E-state index contributed by atoms with van der Waals surface area (Å²) in [5.74, 6) is -1.18. The van der Waals surface area contributed by atoms with Crippen LogP contribution in [0.2, 0.25) is 5.15 Å². The van der Waals surface area contributed by atoms with E-state index >= 15 is 0 Å². The molecule has 3 nitrogen and oxygen atoms in total. The van der Waals surface area contributed by atoms with Crippen LogP contribution < -0.4 is 5.32 Å². The Labute approximate surface area is 122 Å². The smallest absolute Gasteiger partial charge is 0.258 e. The van der Waals surface area contributed by atoms with Crippen molar-refractivity contribution in [2.75, 3.05) is 5.32 Å². The van der Waals surface area contributed by atoms with Crippen molar-refractivity contribution in [3.05, 3.63) is 57.0 Å². The Morgan fingerprint density at radius 3 is 2.89 bits per heavy atom. The van der Waals surface area contributed by atoms with Gasteiger partial charge in [-0.05, 0) is 36.8 Å². The lowest BCUT2D eigenvalue weighted by atomic mass is 10.2. The first-order valence-electron chi connectivity index (χ1n) is 5.36. The summed E-state index contributed by atoms with van der Waals surface area (Å²) < 4.78 is 14.2. The Bertz CT molecular complexity index is 649. The molecule has 0 radical (unpaired) electrons. The number of hydrogen-bond donors (Lipinski definition) is 1. The van der Waals surface area contributed by atoms with Gasteiger partial charge in [-0.3, -0.25) is 4.79 Å². The Hall–Kier alpha value is -1.46. The van der Waals surface area contributed by atoms with Gasteiger partial charge in [0.15, 0.2) is 5.15 Å². The Kier molecular flexibility index (Phi) is 4.17. The zero-order valence-corrected chi connectivity index (χ0v) is 12.2. The largest absolute Gasteiger partial charge is 0.319 e. The molecule has 1 aromatic heterocycles. The van der Waals surface area contributed by atoms with Crippen molar-refractivity contribution < 1.29 is 9.18 Å². The second kappa shape index (κ2) is 5.67. The quantitative estimate of drug-likeness (QED) is 0.831. The summed E-state index contributed by atoms with van der Waals surface area (Å²) in [5, 5.41) is 2.70. The summed E-state index contributed by atoms with van der Waals surface area (Å²) >= 11 is 9.06. The summed E-state index contributed by atoms with van der Waals surface area (Å²) in [7, 11) is 0. The van der Waals surface area contributed by atoms with E-state index in [4.69, 9.17) is 11.6 Å². The molecule has 1 aromatic carbocycles. The van der Waals surface area contributed by atoms with Gasteiger partial charge in [0.1, 0.15) is 5.82 Å². The van der Waals surface area contributed by atoms with Crippen molar-refractivity contribution in [1.82, 2.24) is 4.98 Å². The van der Waals surface area contributed by atoms with Crippen LogP contribution in [0.5, 0.6) is 0 Å². The Balaban J connectivity index is 2.30. The minimum absolute atomic E-state index is 0.0630. The van der Waals surface area contributed by atoms with Gasteiger partial charge in [-0.15, -0.1) is 0 Å². The molecule has 98 valence electrons. The van der Waals surface area contributed by atoms with Crippen molar-refractivity contribution in [2.24, 2.45) is 0 Å². The number of halogens is 3. The summed E-state index contributed by atoms with van der Waals surface area (Å²) in [5.41, 5.74) is 1.13. The molecule has 1 heterocycles. The third-order valence-electron chi connectivity index (χ3n) is 2.40. The molecule has 0 bridgehead atoms. The van der Waals surface area contributed by atoms with Gasteiger partial charge in [-0.25, -0.2) is 9.37 Å². The lowest BCUT2D eigenvalue weighted by Gasteiger charge is -2.08. The number of carbonyl (C=O) groups is 1. The zero-order valence-electron chi connectivity index (χ0n) is 9.88. The molecule has 19 heavy (non-hydrogen) atoms. The average molecular weight is 344 g/mol. The molecule has 0 saturated carbocycles. The Morgan fingerprint density at radius 1 is 1.42 bits per heavy atom. The summed E-state index contributed by atoms with van der Waals surface area (Å²) in [6.45, 7) is 1.82. The second-order valence-electron chi connectivity index (χ2n) is 3.93. The van der Waals surface area contributed by atoms with Crippen LogP contribution in [0.15, 0.2) is 34.9 Å². The monoisotopic (exact) mass is 342 g/mol. The van der Waals surface area contributed by atoms with Gasteiger partial charge in [0.05, 0.1) is 11.3 Å². The molecule has 0 atom stereocenters. The van der Waals surface area contributed by atoms with Gasteiger partial charge in [0.2, 0.25) is 0 Å². The molecule has 2 aromatic rings. The SMILES string of the molecule is Cc1cnc(Cl)c(NC(=O)c2cc(Br)ccc2F)c1. The van der Waals surface area contributed by atoms with Crippen LogP contribution in [-0.2, 0) is 0 Å². The number of benzene rings is 1. The van der Waals surface area contributed by atoms with Crippen LogP contribution in [0.25, 0.3) is 0 Å². The topological polar surface area (TPSA) is 42.0 Å². The minimum atomic E-state index is -0.600. The summed E-state index contributed by atoms with van der Waals surface area (Å²) in [6.07, 6.45) is 1.58. The average Bonchev–Trinajstić information content (AvgIpc) is 2.36. The fourth-order valence-corrected chi connectivity index (χ4v) is 2.01. The Morgan fingerprint density at radius 2 is 2.16 bits per heavy atom. The maximum atomic E-state index is 13.6. The van der Waals surface area contributed by atoms with Crippen LogP contribution in [0.1, 0.15) is 15.9 Å². The molecule has 1 amide bonds. The summed E-state index contributed by atoms with van der Waals surface area (Å²) in [6, 6.07) is 5.81. The number of rotatable bonds is 2. The molecular formula is C13H9BrClFN2O. The molecule has 0 unspecified atom stereocenters. The van der Waals surface area contributed by atoms with E-state index in [0.717, 1.165) is 5.56 Å². The zero-order chi connectivity index (χ0) is 14.0. The first kappa shape index (κ1) is 14.0. The van der Waals surface area contributed by atoms with Crippen LogP contribution >= 0.6 is 27.5 Å². The van der Waals surface area contributed by atoms with Crippen LogP contribution in [0.4, 0.5) is 10.1 Å². The highest BCUT2D eigenvalue weighted by molar-refractivity contribution is 9.10. The van der Waals surface area contributed by atoms with Gasteiger partial charge in [-0.2, -0.15) is 0 Å². The number of aromatic nitrogens is 1. The number of hydrogen-bond acceptors (Lipinski definition) is 2. The minimum Gasteiger partial charge on any atom is -0.319 e. The van der Waals surface area contributed by atoms with Crippen LogP contribution in [0.3, 0.4) is 0 Å². The number of nitrogens with one attached hydrogen (secondary N) is 1. The van der Waals surface area contributed by atoms with E-state index in [1.807, 2.05) is 6.92 Å². The van der Waals surface area contributed by atoms with E-state index in [0.29, 0.717) is 10.2 Å². The van der Waals surface area contributed by atoms with Crippen molar-refractivity contribution in [3.63, 3.8) is 0 Å². The highest BCUT2D eigenvalue weighted by Crippen LogP contribution is 2.22. The normalized spacial score (nSPS) is 10.3. The van der Waals surface area contributed by atoms with E-state index in [1.165, 1.54) is 18.2 Å². The molecular weight excluding hydrogens is 335 g/mol. The molecule has 0 saturated heterocycles. The van der Waals surface area contributed by atoms with Crippen LogP contribution in [0, 0.1) is 12.7 Å². The van der Waals surface area contributed by atoms with Crippen molar-refractivity contribution in [2.45, 2.75) is 6.92 Å². The third-order valence-corrected chi connectivity index (χ3v) is 3.19. The number of carbonyl (C=O) groups excluding carboxylic acids is 1. The standard InChI is InChI=1S/C13H9BrClFN2O/c1-7-4-11(12(15)17-6-7)18-13(19)9-5-8(14)2-3-10(9)16/h2-6H,1H3,(H,18,19). The molecule has 6 heteroatoms. The highest BCUT2D eigenvalue weighted by atomic mass is 79.9. The number of pyridine rings is 1. The van der Waals surface area contributed by atoms with Crippen molar-refractivity contribution >= 4 is 39.1 Å². The van der Waals surface area contributed by atoms with E-state index in [-0.39, 0.29) is 10.7 Å². The van der Waals surface area contributed by atoms with E-state index in [2.05, 4.69) is 26.2 Å². The predicted octanol–water partition coefficient (Wildman–Crippen LogP) is 4.20. The molecule has 0 aliphatic rings. The number of aryl methyl sites for hydroxylation is 1. The van der Waals surface area contributed by atoms with Crippen molar-refractivity contribution in [3.8, 4) is 0 Å². The third kappa shape index (κ3) is 3.30. The van der Waals surface area contributed by atoms with Gasteiger partial charge in [0, 0.05) is 10.7 Å². The molecule has 0 aliphatic carbocycles. The van der Waals surface area contributed by atoms with Crippen LogP contribution in [-0.4, -0.2) is 10.9 Å². The molecule has 1 N–H and O–H groups in total. The first-order chi connectivity index (χ1) is 8.97. The summed E-state index contributed by atoms with van der Waals surface area (Å²) in [4.78, 5) is 15.9. The number of amides is 1. The highest BCUT2D eigenvalue weighted by Gasteiger charge is 2.14. The van der Waals surface area contributed by atoms with E-state index in [1.54, 1.807) is 12.3 Å². The van der Waals surface area contributed by atoms with Crippen molar-refractivity contribution in [1.29, 1.82) is 0 Å². The van der Waals surface area contributed by atoms with Gasteiger partial charge < -0.3 is 5.32 Å². The maximum Gasteiger partial charge on any atom is 0.258 e. The number of anilines is 1. The van der Waals surface area contributed by atoms with Gasteiger partial charge in [-0.1, -0.05) is 27.5 Å². The lowest BCUT2D eigenvalue weighted by molar-refractivity contribution is 0.102. The van der Waals surface area contributed by atoms with Gasteiger partial charge >= 0.3 is 0 Å².